The molecule has 1 heterocycles. The molecule has 4 aliphatic rings. The standard InChI is InChI=1S/C29H46N4/c1-19-12-22-6-7-25-24(26(22)13-23(19)18-32(4)5)10-11-29(3)27(8-9-28(25)29)20(2)16-33-17-21(14-30)15-31-33/h15,17,19-20,22-28H,6-13,16,18H2,1-5H3. The zero-order chi connectivity index (χ0) is 23.3. The van der Waals surface area contributed by atoms with Crippen molar-refractivity contribution in [3.05, 3.63) is 18.0 Å². The number of fused-ring (bicyclic) bond motifs is 5. The minimum Gasteiger partial charge on any atom is -0.309 e. The van der Waals surface area contributed by atoms with Crippen molar-refractivity contribution >= 4 is 0 Å². The molecule has 4 aliphatic carbocycles. The largest absolute Gasteiger partial charge is 0.309 e. The SMILES string of the molecule is CC1CC2CCC3C(CCC4(C)C(C(C)Cn5cc(C#N)cn5)CCC34)C2CC1CN(C)C. The summed E-state index contributed by atoms with van der Waals surface area (Å²) in [6, 6.07) is 2.23. The predicted octanol–water partition coefficient (Wildman–Crippen LogP) is 6.08. The molecule has 33 heavy (non-hydrogen) atoms. The molecular formula is C29H46N4. The molecule has 0 bridgehead atoms. The zero-order valence-corrected chi connectivity index (χ0v) is 21.7. The van der Waals surface area contributed by atoms with Gasteiger partial charge in [-0.25, -0.2) is 0 Å². The van der Waals surface area contributed by atoms with Crippen molar-refractivity contribution in [2.24, 2.45) is 58.7 Å². The van der Waals surface area contributed by atoms with E-state index in [0.717, 1.165) is 53.9 Å². The normalized spacial score (nSPS) is 43.4. The molecular weight excluding hydrogens is 404 g/mol. The van der Waals surface area contributed by atoms with Crippen LogP contribution in [-0.4, -0.2) is 35.3 Å². The molecule has 0 aromatic carbocycles. The molecule has 182 valence electrons. The van der Waals surface area contributed by atoms with E-state index in [2.05, 4.69) is 50.9 Å². The van der Waals surface area contributed by atoms with Crippen molar-refractivity contribution in [1.82, 2.24) is 14.7 Å². The Hall–Kier alpha value is -1.34. The van der Waals surface area contributed by atoms with Gasteiger partial charge in [-0.05, 0) is 124 Å². The van der Waals surface area contributed by atoms with Gasteiger partial charge in [-0.15, -0.1) is 0 Å². The first-order valence-corrected chi connectivity index (χ1v) is 13.9. The minimum atomic E-state index is 0.504. The van der Waals surface area contributed by atoms with Crippen LogP contribution in [0.25, 0.3) is 0 Å². The third-order valence-corrected chi connectivity index (χ3v) is 11.2. The maximum atomic E-state index is 9.15. The lowest BCUT2D eigenvalue weighted by molar-refractivity contribution is -0.0839. The molecule has 10 atom stereocenters. The number of nitriles is 1. The van der Waals surface area contributed by atoms with E-state index in [0.29, 0.717) is 16.9 Å². The second kappa shape index (κ2) is 9.03. The molecule has 10 unspecified atom stereocenters. The van der Waals surface area contributed by atoms with Gasteiger partial charge >= 0.3 is 0 Å². The predicted molar refractivity (Wildman–Crippen MR) is 133 cm³/mol. The Morgan fingerprint density at radius 1 is 1.15 bits per heavy atom. The summed E-state index contributed by atoms with van der Waals surface area (Å²) in [6.45, 7) is 9.89. The first kappa shape index (κ1) is 23.4. The fourth-order valence-electron chi connectivity index (χ4n) is 9.79. The molecule has 4 nitrogen and oxygen atoms in total. The van der Waals surface area contributed by atoms with Crippen molar-refractivity contribution in [3.8, 4) is 6.07 Å². The van der Waals surface area contributed by atoms with E-state index in [4.69, 9.17) is 5.26 Å². The van der Waals surface area contributed by atoms with Crippen LogP contribution < -0.4 is 0 Å². The third kappa shape index (κ3) is 4.18. The van der Waals surface area contributed by atoms with Crippen LogP contribution in [0.1, 0.15) is 77.7 Å². The van der Waals surface area contributed by atoms with Crippen molar-refractivity contribution in [2.45, 2.75) is 78.7 Å². The van der Waals surface area contributed by atoms with Gasteiger partial charge in [-0.1, -0.05) is 20.8 Å². The quantitative estimate of drug-likeness (QED) is 0.546. The molecule has 5 rings (SSSR count). The zero-order valence-electron chi connectivity index (χ0n) is 21.7. The summed E-state index contributed by atoms with van der Waals surface area (Å²) in [6.07, 6.45) is 15.4. The molecule has 1 aromatic rings. The summed E-state index contributed by atoms with van der Waals surface area (Å²) < 4.78 is 2.02. The molecule has 0 radical (unpaired) electrons. The van der Waals surface area contributed by atoms with Gasteiger partial charge in [0.1, 0.15) is 6.07 Å². The van der Waals surface area contributed by atoms with Crippen molar-refractivity contribution in [2.75, 3.05) is 20.6 Å². The molecule has 1 aromatic heterocycles. The minimum absolute atomic E-state index is 0.504. The summed E-state index contributed by atoms with van der Waals surface area (Å²) in [7, 11) is 4.53. The van der Waals surface area contributed by atoms with Gasteiger partial charge < -0.3 is 4.90 Å². The second-order valence-corrected chi connectivity index (χ2v) is 13.2. The molecule has 0 aliphatic heterocycles. The fourth-order valence-corrected chi connectivity index (χ4v) is 9.79. The van der Waals surface area contributed by atoms with Crippen molar-refractivity contribution < 1.29 is 0 Å². The highest BCUT2D eigenvalue weighted by molar-refractivity contribution is 5.21. The highest BCUT2D eigenvalue weighted by Gasteiger charge is 2.58. The molecule has 4 heteroatoms. The van der Waals surface area contributed by atoms with E-state index in [1.807, 2.05) is 10.9 Å². The second-order valence-electron chi connectivity index (χ2n) is 13.2. The summed E-state index contributed by atoms with van der Waals surface area (Å²) in [4.78, 5) is 2.43. The molecule has 0 spiro atoms. The van der Waals surface area contributed by atoms with E-state index in [1.54, 1.807) is 6.20 Å². The highest BCUT2D eigenvalue weighted by atomic mass is 15.3. The van der Waals surface area contributed by atoms with E-state index >= 15 is 0 Å². The van der Waals surface area contributed by atoms with Crippen LogP contribution in [0.5, 0.6) is 0 Å². The Labute approximate surface area is 202 Å². The first-order valence-electron chi connectivity index (χ1n) is 13.9. The van der Waals surface area contributed by atoms with Gasteiger partial charge in [-0.3, -0.25) is 4.68 Å². The van der Waals surface area contributed by atoms with Gasteiger partial charge in [0.15, 0.2) is 0 Å². The Balaban J connectivity index is 1.29. The average Bonchev–Trinajstić information content (AvgIpc) is 3.37. The number of hydrogen-bond acceptors (Lipinski definition) is 3. The molecule has 4 fully saturated rings. The fraction of sp³-hybridized carbons (Fsp3) is 0.862. The first-order chi connectivity index (χ1) is 15.8. The van der Waals surface area contributed by atoms with Crippen LogP contribution in [0.15, 0.2) is 12.4 Å². The van der Waals surface area contributed by atoms with Gasteiger partial charge in [0.2, 0.25) is 0 Å². The Bertz CT molecular complexity index is 867. The molecule has 0 saturated heterocycles. The van der Waals surface area contributed by atoms with Crippen LogP contribution in [0.2, 0.25) is 0 Å². The van der Waals surface area contributed by atoms with Crippen LogP contribution in [0.4, 0.5) is 0 Å². The van der Waals surface area contributed by atoms with Gasteiger partial charge in [-0.2, -0.15) is 10.4 Å². The maximum Gasteiger partial charge on any atom is 0.102 e. The third-order valence-electron chi connectivity index (χ3n) is 11.2. The number of hydrogen-bond donors (Lipinski definition) is 0. The maximum absolute atomic E-state index is 9.15. The van der Waals surface area contributed by atoms with Crippen molar-refractivity contribution in [1.29, 1.82) is 5.26 Å². The van der Waals surface area contributed by atoms with Gasteiger partial charge in [0.25, 0.3) is 0 Å². The van der Waals surface area contributed by atoms with Crippen LogP contribution in [0.3, 0.4) is 0 Å². The topological polar surface area (TPSA) is 44.9 Å². The Morgan fingerprint density at radius 2 is 1.97 bits per heavy atom. The molecule has 0 amide bonds. The monoisotopic (exact) mass is 450 g/mol. The van der Waals surface area contributed by atoms with Gasteiger partial charge in [0.05, 0.1) is 11.8 Å². The molecule has 0 N–H and O–H groups in total. The Kier molecular flexibility index (Phi) is 6.40. The smallest absolute Gasteiger partial charge is 0.102 e. The van der Waals surface area contributed by atoms with Crippen LogP contribution in [0, 0.1) is 70.0 Å². The highest BCUT2D eigenvalue weighted by Crippen LogP contribution is 2.65. The van der Waals surface area contributed by atoms with E-state index in [1.165, 1.54) is 57.9 Å². The van der Waals surface area contributed by atoms with Gasteiger partial charge in [0, 0.05) is 19.3 Å². The van der Waals surface area contributed by atoms with Crippen LogP contribution >= 0.6 is 0 Å². The summed E-state index contributed by atoms with van der Waals surface area (Å²) in [5, 5.41) is 13.6. The average molecular weight is 451 g/mol. The Morgan fingerprint density at radius 3 is 2.70 bits per heavy atom. The van der Waals surface area contributed by atoms with E-state index < -0.39 is 0 Å². The van der Waals surface area contributed by atoms with Crippen LogP contribution in [-0.2, 0) is 6.54 Å². The number of nitrogens with zero attached hydrogens (tertiary/aromatic N) is 4. The lowest BCUT2D eigenvalue weighted by Gasteiger charge is -2.57. The summed E-state index contributed by atoms with van der Waals surface area (Å²) >= 11 is 0. The lowest BCUT2D eigenvalue weighted by atomic mass is 9.48. The number of rotatable bonds is 5. The lowest BCUT2D eigenvalue weighted by Crippen LogP contribution is -2.50. The summed E-state index contributed by atoms with van der Waals surface area (Å²) in [5.41, 5.74) is 1.19. The number of aromatic nitrogens is 2. The molecule has 4 saturated carbocycles. The summed E-state index contributed by atoms with van der Waals surface area (Å²) in [5.74, 6) is 8.14. The van der Waals surface area contributed by atoms with E-state index in [-0.39, 0.29) is 0 Å². The van der Waals surface area contributed by atoms with Crippen molar-refractivity contribution in [3.63, 3.8) is 0 Å². The van der Waals surface area contributed by atoms with E-state index in [9.17, 15) is 0 Å².